The fourth-order valence-corrected chi connectivity index (χ4v) is 2.10. The van der Waals surface area contributed by atoms with E-state index in [1.165, 1.54) is 12.1 Å². The first-order valence-corrected chi connectivity index (χ1v) is 6.87. The van der Waals surface area contributed by atoms with Crippen molar-refractivity contribution in [2.45, 2.75) is 32.4 Å². The first kappa shape index (κ1) is 16.8. The molecule has 0 unspecified atom stereocenters. The molecule has 0 amide bonds. The zero-order valence-electron chi connectivity index (χ0n) is 12.9. The summed E-state index contributed by atoms with van der Waals surface area (Å²) < 4.78 is 43.4. The Bertz CT molecular complexity index is 756. The number of halogens is 3. The third-order valence-electron chi connectivity index (χ3n) is 3.18. The summed E-state index contributed by atoms with van der Waals surface area (Å²) in [6.07, 6.45) is -3.50. The van der Waals surface area contributed by atoms with Crippen molar-refractivity contribution in [2.24, 2.45) is 0 Å². The molecule has 0 aliphatic heterocycles. The molecule has 6 heteroatoms. The molecule has 2 rings (SSSR count). The van der Waals surface area contributed by atoms with Gasteiger partial charge >= 0.3 is 6.18 Å². The van der Waals surface area contributed by atoms with Crippen molar-refractivity contribution < 1.29 is 17.9 Å². The van der Waals surface area contributed by atoms with E-state index in [1.807, 2.05) is 20.8 Å². The Kier molecular flexibility index (Phi) is 4.33. The lowest BCUT2D eigenvalue weighted by Gasteiger charge is -2.21. The number of alkyl halides is 3. The van der Waals surface area contributed by atoms with Gasteiger partial charge in [0.25, 0.3) is 0 Å². The summed E-state index contributed by atoms with van der Waals surface area (Å²) in [7, 11) is 0. The Morgan fingerprint density at radius 3 is 2.26 bits per heavy atom. The zero-order valence-corrected chi connectivity index (χ0v) is 12.9. The number of rotatable bonds is 2. The van der Waals surface area contributed by atoms with E-state index in [1.54, 1.807) is 12.1 Å². The molecule has 1 aromatic heterocycles. The predicted octanol–water partition coefficient (Wildman–Crippen LogP) is 5.06. The van der Waals surface area contributed by atoms with Crippen molar-refractivity contribution >= 4 is 0 Å². The van der Waals surface area contributed by atoms with Crippen molar-refractivity contribution in [1.29, 1.82) is 5.26 Å². The van der Waals surface area contributed by atoms with Crippen LogP contribution >= 0.6 is 0 Å². The number of nitrogens with zero attached hydrogens (tertiary/aromatic N) is 2. The van der Waals surface area contributed by atoms with E-state index in [0.717, 1.165) is 17.8 Å². The maximum absolute atomic E-state index is 12.6. The van der Waals surface area contributed by atoms with Crippen LogP contribution < -0.4 is 4.74 Å². The molecule has 0 fully saturated rings. The summed E-state index contributed by atoms with van der Waals surface area (Å²) in [5.41, 5.74) is 0.0314. The van der Waals surface area contributed by atoms with Gasteiger partial charge in [0.15, 0.2) is 0 Å². The highest BCUT2D eigenvalue weighted by Crippen LogP contribution is 2.33. The van der Waals surface area contributed by atoms with E-state index in [0.29, 0.717) is 11.3 Å². The first-order chi connectivity index (χ1) is 10.6. The highest BCUT2D eigenvalue weighted by Gasteiger charge is 2.32. The average Bonchev–Trinajstić information content (AvgIpc) is 2.45. The number of nitriles is 1. The monoisotopic (exact) mass is 320 g/mol. The van der Waals surface area contributed by atoms with Gasteiger partial charge in [0.05, 0.1) is 11.6 Å². The maximum Gasteiger partial charge on any atom is 0.433 e. The molecule has 2 aromatic rings. The van der Waals surface area contributed by atoms with Crippen LogP contribution in [0, 0.1) is 11.3 Å². The Morgan fingerprint density at radius 1 is 1.04 bits per heavy atom. The molecule has 0 saturated carbocycles. The van der Waals surface area contributed by atoms with Crippen LogP contribution in [0.25, 0.3) is 0 Å². The van der Waals surface area contributed by atoms with Crippen molar-refractivity contribution in [3.8, 4) is 17.6 Å². The first-order valence-electron chi connectivity index (χ1n) is 6.87. The summed E-state index contributed by atoms with van der Waals surface area (Å²) >= 11 is 0. The van der Waals surface area contributed by atoms with Crippen LogP contribution in [0.3, 0.4) is 0 Å². The SMILES string of the molecule is CC(C)(C)c1ccc(Oc2ccnc(C(F)(F)F)c2)cc1C#N. The minimum absolute atomic E-state index is 0.0136. The summed E-state index contributed by atoms with van der Waals surface area (Å²) in [5.74, 6) is 0.314. The Labute approximate surface area is 132 Å². The topological polar surface area (TPSA) is 45.9 Å². The van der Waals surface area contributed by atoms with Gasteiger partial charge in [-0.2, -0.15) is 18.4 Å². The maximum atomic E-state index is 12.6. The van der Waals surface area contributed by atoms with Gasteiger partial charge in [-0.1, -0.05) is 26.8 Å². The quantitative estimate of drug-likeness (QED) is 0.777. The largest absolute Gasteiger partial charge is 0.457 e. The minimum atomic E-state index is -4.53. The molecule has 120 valence electrons. The normalized spacial score (nSPS) is 11.9. The lowest BCUT2D eigenvalue weighted by Crippen LogP contribution is -2.13. The molecule has 0 atom stereocenters. The molecule has 3 nitrogen and oxygen atoms in total. The van der Waals surface area contributed by atoms with Crippen molar-refractivity contribution in [3.63, 3.8) is 0 Å². The second-order valence-electron chi connectivity index (χ2n) is 6.05. The van der Waals surface area contributed by atoms with Gasteiger partial charge in [-0.25, -0.2) is 0 Å². The van der Waals surface area contributed by atoms with Gasteiger partial charge in [-0.15, -0.1) is 0 Å². The van der Waals surface area contributed by atoms with E-state index >= 15 is 0 Å². The van der Waals surface area contributed by atoms with E-state index in [4.69, 9.17) is 4.74 Å². The van der Waals surface area contributed by atoms with Crippen molar-refractivity contribution in [1.82, 2.24) is 4.98 Å². The van der Waals surface area contributed by atoms with Crippen LogP contribution in [-0.4, -0.2) is 4.98 Å². The third-order valence-corrected chi connectivity index (χ3v) is 3.18. The molecular weight excluding hydrogens is 305 g/mol. The van der Waals surface area contributed by atoms with E-state index in [2.05, 4.69) is 11.1 Å². The summed E-state index contributed by atoms with van der Waals surface area (Å²) in [6.45, 7) is 5.92. The molecule has 1 heterocycles. The Morgan fingerprint density at radius 2 is 1.70 bits per heavy atom. The highest BCUT2D eigenvalue weighted by molar-refractivity contribution is 5.47. The van der Waals surface area contributed by atoms with Crippen LogP contribution in [0.5, 0.6) is 11.5 Å². The number of ether oxygens (including phenoxy) is 1. The third kappa shape index (κ3) is 4.01. The molecule has 1 aromatic carbocycles. The molecule has 0 aliphatic rings. The van der Waals surface area contributed by atoms with Gasteiger partial charge in [0.2, 0.25) is 0 Å². The van der Waals surface area contributed by atoms with Gasteiger partial charge in [0.1, 0.15) is 17.2 Å². The molecule has 23 heavy (non-hydrogen) atoms. The van der Waals surface area contributed by atoms with Crippen LogP contribution in [0.15, 0.2) is 36.5 Å². The van der Waals surface area contributed by atoms with Crippen LogP contribution in [0.2, 0.25) is 0 Å². The van der Waals surface area contributed by atoms with E-state index < -0.39 is 11.9 Å². The number of hydrogen-bond donors (Lipinski definition) is 0. The number of pyridine rings is 1. The number of benzene rings is 1. The van der Waals surface area contributed by atoms with E-state index in [-0.39, 0.29) is 11.2 Å². The second-order valence-corrected chi connectivity index (χ2v) is 6.05. The van der Waals surface area contributed by atoms with Crippen LogP contribution in [0.4, 0.5) is 13.2 Å². The Balaban J connectivity index is 2.33. The molecular formula is C17H15F3N2O. The van der Waals surface area contributed by atoms with Gasteiger partial charge in [-0.3, -0.25) is 4.98 Å². The molecule has 0 spiro atoms. The molecule has 0 saturated heterocycles. The molecule has 0 radical (unpaired) electrons. The fraction of sp³-hybridized carbons (Fsp3) is 0.294. The summed E-state index contributed by atoms with van der Waals surface area (Å²) in [4.78, 5) is 3.28. The molecule has 0 aliphatic carbocycles. The standard InChI is InChI=1S/C17H15F3N2O/c1-16(2,3)14-5-4-12(8-11(14)10-21)23-13-6-7-22-15(9-13)17(18,19)20/h4-9H,1-3H3. The number of aromatic nitrogens is 1. The molecule has 0 bridgehead atoms. The summed E-state index contributed by atoms with van der Waals surface area (Å²) in [6, 6.07) is 9.15. The fourth-order valence-electron chi connectivity index (χ4n) is 2.10. The van der Waals surface area contributed by atoms with Crippen LogP contribution in [-0.2, 0) is 11.6 Å². The van der Waals surface area contributed by atoms with E-state index in [9.17, 15) is 18.4 Å². The van der Waals surface area contributed by atoms with Crippen LogP contribution in [0.1, 0.15) is 37.6 Å². The van der Waals surface area contributed by atoms with Gasteiger partial charge in [0, 0.05) is 12.3 Å². The Hall–Kier alpha value is -2.55. The number of hydrogen-bond acceptors (Lipinski definition) is 3. The second kappa shape index (κ2) is 5.92. The van der Waals surface area contributed by atoms with Gasteiger partial charge in [-0.05, 0) is 29.2 Å². The van der Waals surface area contributed by atoms with Crippen molar-refractivity contribution in [3.05, 3.63) is 53.3 Å². The molecule has 0 N–H and O–H groups in total. The summed E-state index contributed by atoms with van der Waals surface area (Å²) in [5, 5.41) is 9.26. The van der Waals surface area contributed by atoms with Crippen molar-refractivity contribution in [2.75, 3.05) is 0 Å². The smallest absolute Gasteiger partial charge is 0.433 e. The lowest BCUT2D eigenvalue weighted by molar-refractivity contribution is -0.141. The average molecular weight is 320 g/mol. The van der Waals surface area contributed by atoms with Gasteiger partial charge < -0.3 is 4.74 Å². The highest BCUT2D eigenvalue weighted by atomic mass is 19.4. The predicted molar refractivity (Wildman–Crippen MR) is 79.2 cm³/mol. The zero-order chi connectivity index (χ0) is 17.3. The minimum Gasteiger partial charge on any atom is -0.457 e. The lowest BCUT2D eigenvalue weighted by atomic mass is 9.84.